The summed E-state index contributed by atoms with van der Waals surface area (Å²) in [5, 5.41) is 9.41. The molecule has 1 unspecified atom stereocenters. The number of aliphatic hydroxyl groups excluding tert-OH is 1. The summed E-state index contributed by atoms with van der Waals surface area (Å²) in [5.41, 5.74) is 3.64. The molecule has 0 spiro atoms. The number of hydrazine groups is 1. The highest BCUT2D eigenvalue weighted by atomic mass is 16.3. The molecule has 0 bridgehead atoms. The second-order valence-electron chi connectivity index (χ2n) is 3.83. The molecule has 1 aliphatic rings. The molecule has 0 aliphatic carbocycles. The van der Waals surface area contributed by atoms with Gasteiger partial charge in [-0.25, -0.2) is 10.8 Å². The van der Waals surface area contributed by atoms with Crippen LogP contribution in [0.3, 0.4) is 0 Å². The van der Waals surface area contributed by atoms with E-state index in [2.05, 4.69) is 15.3 Å². The number of nitrogens with one attached hydrogen (secondary N) is 1. The number of nitrogens with two attached hydrogens (primary N) is 1. The zero-order chi connectivity index (χ0) is 10.7. The Labute approximate surface area is 88.9 Å². The quantitative estimate of drug-likeness (QED) is 0.479. The molecule has 4 N–H and O–H groups in total. The van der Waals surface area contributed by atoms with E-state index < -0.39 is 0 Å². The van der Waals surface area contributed by atoms with Crippen LogP contribution in [0.15, 0.2) is 18.3 Å². The van der Waals surface area contributed by atoms with E-state index in [0.29, 0.717) is 5.82 Å². The van der Waals surface area contributed by atoms with Gasteiger partial charge in [-0.1, -0.05) is 6.07 Å². The summed E-state index contributed by atoms with van der Waals surface area (Å²) in [6.07, 6.45) is 2.37. The minimum atomic E-state index is -0.184. The molecule has 1 saturated heterocycles. The average Bonchev–Trinajstić information content (AvgIpc) is 2.65. The van der Waals surface area contributed by atoms with Gasteiger partial charge >= 0.3 is 0 Å². The Balaban J connectivity index is 2.04. The van der Waals surface area contributed by atoms with E-state index >= 15 is 0 Å². The van der Waals surface area contributed by atoms with Gasteiger partial charge in [0.25, 0.3) is 0 Å². The fourth-order valence-electron chi connectivity index (χ4n) is 1.89. The summed E-state index contributed by atoms with van der Waals surface area (Å²) >= 11 is 0. The SMILES string of the molecule is NNc1ncccc1CN1CCC(O)C1. The lowest BCUT2D eigenvalue weighted by Gasteiger charge is -2.16. The molecule has 0 aromatic carbocycles. The lowest BCUT2D eigenvalue weighted by atomic mass is 10.2. The van der Waals surface area contributed by atoms with Crippen LogP contribution in [0.2, 0.25) is 0 Å². The van der Waals surface area contributed by atoms with Gasteiger partial charge in [0.2, 0.25) is 0 Å². The number of aliphatic hydroxyl groups is 1. The number of hydrogen-bond donors (Lipinski definition) is 3. The molecular formula is C10H16N4O. The number of likely N-dealkylation sites (tertiary alicyclic amines) is 1. The monoisotopic (exact) mass is 208 g/mol. The second kappa shape index (κ2) is 4.57. The third-order valence-electron chi connectivity index (χ3n) is 2.67. The number of hydrogen-bond acceptors (Lipinski definition) is 5. The van der Waals surface area contributed by atoms with Gasteiger partial charge in [0.15, 0.2) is 0 Å². The highest BCUT2D eigenvalue weighted by molar-refractivity contribution is 5.42. The largest absolute Gasteiger partial charge is 0.392 e. The Morgan fingerprint density at radius 3 is 3.20 bits per heavy atom. The normalized spacial score (nSPS) is 21.9. The van der Waals surface area contributed by atoms with E-state index in [-0.39, 0.29) is 6.10 Å². The van der Waals surface area contributed by atoms with E-state index in [0.717, 1.165) is 31.6 Å². The van der Waals surface area contributed by atoms with Crippen molar-refractivity contribution in [3.8, 4) is 0 Å². The van der Waals surface area contributed by atoms with Gasteiger partial charge in [0, 0.05) is 31.4 Å². The van der Waals surface area contributed by atoms with Crippen LogP contribution >= 0.6 is 0 Å². The summed E-state index contributed by atoms with van der Waals surface area (Å²) in [4.78, 5) is 6.33. The highest BCUT2D eigenvalue weighted by Crippen LogP contribution is 2.17. The number of aromatic nitrogens is 1. The van der Waals surface area contributed by atoms with E-state index in [4.69, 9.17) is 5.84 Å². The van der Waals surface area contributed by atoms with Crippen molar-refractivity contribution in [3.63, 3.8) is 0 Å². The highest BCUT2D eigenvalue weighted by Gasteiger charge is 2.20. The molecule has 82 valence electrons. The number of nitrogen functional groups attached to an aromatic ring is 1. The molecular weight excluding hydrogens is 192 g/mol. The van der Waals surface area contributed by atoms with Crippen molar-refractivity contribution in [2.24, 2.45) is 5.84 Å². The number of rotatable bonds is 3. The Bertz CT molecular complexity index is 331. The molecule has 1 atom stereocenters. The van der Waals surface area contributed by atoms with E-state index in [9.17, 15) is 5.11 Å². The maximum atomic E-state index is 9.41. The zero-order valence-corrected chi connectivity index (χ0v) is 8.56. The Morgan fingerprint density at radius 1 is 1.67 bits per heavy atom. The van der Waals surface area contributed by atoms with Gasteiger partial charge in [0.05, 0.1) is 6.10 Å². The first kappa shape index (κ1) is 10.4. The first-order valence-corrected chi connectivity index (χ1v) is 5.10. The van der Waals surface area contributed by atoms with Gasteiger partial charge in [-0.05, 0) is 12.5 Å². The summed E-state index contributed by atoms with van der Waals surface area (Å²) in [6.45, 7) is 2.45. The number of pyridine rings is 1. The molecule has 5 heteroatoms. The maximum absolute atomic E-state index is 9.41. The van der Waals surface area contributed by atoms with Crippen LogP contribution in [-0.2, 0) is 6.54 Å². The molecule has 2 rings (SSSR count). The topological polar surface area (TPSA) is 74.4 Å². The van der Waals surface area contributed by atoms with Crippen molar-refractivity contribution < 1.29 is 5.11 Å². The predicted octanol–water partition coefficient (Wildman–Crippen LogP) is -0.0662. The van der Waals surface area contributed by atoms with Crippen LogP contribution in [0.1, 0.15) is 12.0 Å². The van der Waals surface area contributed by atoms with E-state index in [1.807, 2.05) is 12.1 Å². The lowest BCUT2D eigenvalue weighted by molar-refractivity contribution is 0.175. The van der Waals surface area contributed by atoms with Gasteiger partial charge in [-0.3, -0.25) is 4.90 Å². The third-order valence-corrected chi connectivity index (χ3v) is 2.67. The third kappa shape index (κ3) is 2.44. The summed E-state index contributed by atoms with van der Waals surface area (Å²) in [6, 6.07) is 3.88. The minimum Gasteiger partial charge on any atom is -0.392 e. The molecule has 1 aromatic heterocycles. The molecule has 15 heavy (non-hydrogen) atoms. The van der Waals surface area contributed by atoms with Gasteiger partial charge in [-0.15, -0.1) is 0 Å². The first-order chi connectivity index (χ1) is 7.29. The standard InChI is InChI=1S/C10H16N4O/c11-13-10-8(2-1-4-12-10)6-14-5-3-9(15)7-14/h1-2,4,9,15H,3,5-7,11H2,(H,12,13). The Hall–Kier alpha value is -1.17. The number of nitrogens with zero attached hydrogens (tertiary/aromatic N) is 2. The van der Waals surface area contributed by atoms with E-state index in [1.165, 1.54) is 0 Å². The second-order valence-corrected chi connectivity index (χ2v) is 3.83. The van der Waals surface area contributed by atoms with Crippen LogP contribution in [0, 0.1) is 0 Å². The Morgan fingerprint density at radius 2 is 2.53 bits per heavy atom. The predicted molar refractivity (Wildman–Crippen MR) is 57.9 cm³/mol. The smallest absolute Gasteiger partial charge is 0.144 e. The van der Waals surface area contributed by atoms with Crippen molar-refractivity contribution in [2.75, 3.05) is 18.5 Å². The summed E-state index contributed by atoms with van der Waals surface area (Å²) in [7, 11) is 0. The molecule has 0 saturated carbocycles. The molecule has 5 nitrogen and oxygen atoms in total. The summed E-state index contributed by atoms with van der Waals surface area (Å²) < 4.78 is 0. The first-order valence-electron chi connectivity index (χ1n) is 5.10. The van der Waals surface area contributed by atoms with Crippen LogP contribution in [-0.4, -0.2) is 34.2 Å². The van der Waals surface area contributed by atoms with Crippen molar-refractivity contribution in [1.29, 1.82) is 0 Å². The fraction of sp³-hybridized carbons (Fsp3) is 0.500. The number of anilines is 1. The van der Waals surface area contributed by atoms with Gasteiger partial charge < -0.3 is 10.5 Å². The van der Waals surface area contributed by atoms with Crippen LogP contribution < -0.4 is 11.3 Å². The lowest BCUT2D eigenvalue weighted by Crippen LogP contribution is -2.23. The molecule has 0 radical (unpaired) electrons. The summed E-state index contributed by atoms with van der Waals surface area (Å²) in [5.74, 6) is 6.08. The van der Waals surface area contributed by atoms with Gasteiger partial charge in [0.1, 0.15) is 5.82 Å². The molecule has 0 amide bonds. The fourth-order valence-corrected chi connectivity index (χ4v) is 1.89. The van der Waals surface area contributed by atoms with Crippen molar-refractivity contribution in [1.82, 2.24) is 9.88 Å². The van der Waals surface area contributed by atoms with Crippen molar-refractivity contribution in [2.45, 2.75) is 19.1 Å². The average molecular weight is 208 g/mol. The van der Waals surface area contributed by atoms with Gasteiger partial charge in [-0.2, -0.15) is 0 Å². The van der Waals surface area contributed by atoms with E-state index in [1.54, 1.807) is 6.20 Å². The van der Waals surface area contributed by atoms with Crippen LogP contribution in [0.5, 0.6) is 0 Å². The zero-order valence-electron chi connectivity index (χ0n) is 8.56. The molecule has 1 aliphatic heterocycles. The molecule has 1 fully saturated rings. The maximum Gasteiger partial charge on any atom is 0.144 e. The molecule has 2 heterocycles. The van der Waals surface area contributed by atoms with Crippen molar-refractivity contribution in [3.05, 3.63) is 23.9 Å². The van der Waals surface area contributed by atoms with Crippen LogP contribution in [0.4, 0.5) is 5.82 Å². The van der Waals surface area contributed by atoms with Crippen LogP contribution in [0.25, 0.3) is 0 Å². The molecule has 1 aromatic rings. The Kier molecular flexibility index (Phi) is 3.15. The minimum absolute atomic E-state index is 0.184. The van der Waals surface area contributed by atoms with Crippen molar-refractivity contribution >= 4 is 5.82 Å². The number of β-amino-alcohol motifs (C(OH)–C–C–N with tert-alkyl or cyclic N) is 1.